The minimum absolute atomic E-state index is 0.0852. The molecule has 1 atom stereocenters. The van der Waals surface area contributed by atoms with Gasteiger partial charge in [-0.2, -0.15) is 0 Å². The quantitative estimate of drug-likeness (QED) is 0.274. The number of amides is 1. The highest BCUT2D eigenvalue weighted by Crippen LogP contribution is 2.32. The van der Waals surface area contributed by atoms with Gasteiger partial charge in [0.2, 0.25) is 0 Å². The molecule has 0 bridgehead atoms. The molecule has 1 fully saturated rings. The Bertz CT molecular complexity index is 1210. The molecule has 1 unspecified atom stereocenters. The van der Waals surface area contributed by atoms with Gasteiger partial charge in [-0.05, 0) is 98.3 Å². The second kappa shape index (κ2) is 13.3. The third-order valence-corrected chi connectivity index (χ3v) is 8.34. The molecule has 3 aromatic rings. The van der Waals surface area contributed by atoms with Gasteiger partial charge in [0.1, 0.15) is 5.82 Å². The maximum atomic E-state index is 13.2. The predicted octanol–water partition coefficient (Wildman–Crippen LogP) is 8.65. The van der Waals surface area contributed by atoms with Crippen LogP contribution in [0.5, 0.6) is 0 Å². The van der Waals surface area contributed by atoms with Crippen LogP contribution in [0.3, 0.4) is 0 Å². The van der Waals surface area contributed by atoms with E-state index in [-0.39, 0.29) is 17.6 Å². The van der Waals surface area contributed by atoms with Crippen LogP contribution < -0.4 is 5.32 Å². The molecule has 1 aliphatic rings. The molecule has 1 saturated heterocycles. The number of hydrogen-bond donors (Lipinski definition) is 1. The summed E-state index contributed by atoms with van der Waals surface area (Å²) in [5, 5.41) is 4.86. The number of halogens is 5. The number of nitrogens with zero attached hydrogens (tertiary/aromatic N) is 1. The Balaban J connectivity index is 1.34. The first-order chi connectivity index (χ1) is 17.8. The lowest BCUT2D eigenvalue weighted by molar-refractivity contribution is 0.0950. The van der Waals surface area contributed by atoms with E-state index in [0.717, 1.165) is 56.4 Å². The lowest BCUT2D eigenvalue weighted by Gasteiger charge is -2.32. The van der Waals surface area contributed by atoms with Crippen LogP contribution in [0.2, 0.25) is 20.1 Å². The van der Waals surface area contributed by atoms with Crippen molar-refractivity contribution in [3.63, 3.8) is 0 Å². The molecule has 3 aromatic carbocycles. The number of benzene rings is 3. The smallest absolute Gasteiger partial charge is 0.252 e. The predicted molar refractivity (Wildman–Crippen MR) is 152 cm³/mol. The molecule has 4 rings (SSSR count). The third-order valence-electron chi connectivity index (χ3n) is 7.05. The number of likely N-dealkylation sites (tertiary alicyclic amines) is 1. The van der Waals surface area contributed by atoms with Crippen LogP contribution in [0.4, 0.5) is 4.39 Å². The summed E-state index contributed by atoms with van der Waals surface area (Å²) in [7, 11) is 0. The maximum Gasteiger partial charge on any atom is 0.252 e. The van der Waals surface area contributed by atoms with Gasteiger partial charge >= 0.3 is 0 Å². The fraction of sp³-hybridized carbons (Fsp3) is 0.345. The lowest BCUT2D eigenvalue weighted by Crippen LogP contribution is -2.33. The molecule has 1 amide bonds. The summed E-state index contributed by atoms with van der Waals surface area (Å²) in [5.41, 5.74) is 2.58. The van der Waals surface area contributed by atoms with Crippen molar-refractivity contribution in [1.29, 1.82) is 0 Å². The Labute approximate surface area is 237 Å². The van der Waals surface area contributed by atoms with Gasteiger partial charge in [-0.25, -0.2) is 4.39 Å². The minimum atomic E-state index is -0.235. The van der Waals surface area contributed by atoms with Crippen LogP contribution in [0, 0.1) is 11.7 Å². The molecular formula is C29H29Cl4FN2O. The molecular weight excluding hydrogens is 553 g/mol. The van der Waals surface area contributed by atoms with Crippen molar-refractivity contribution in [2.45, 2.75) is 38.1 Å². The van der Waals surface area contributed by atoms with Crippen molar-refractivity contribution in [1.82, 2.24) is 10.2 Å². The molecule has 1 N–H and O–H groups in total. The van der Waals surface area contributed by atoms with Crippen molar-refractivity contribution < 1.29 is 9.18 Å². The number of hydrogen-bond acceptors (Lipinski definition) is 2. The van der Waals surface area contributed by atoms with E-state index in [1.807, 2.05) is 24.3 Å². The first-order valence-electron chi connectivity index (χ1n) is 12.4. The molecule has 37 heavy (non-hydrogen) atoms. The van der Waals surface area contributed by atoms with Gasteiger partial charge in [0.05, 0.1) is 20.6 Å². The van der Waals surface area contributed by atoms with E-state index in [1.165, 1.54) is 12.1 Å². The molecule has 0 aliphatic carbocycles. The van der Waals surface area contributed by atoms with Gasteiger partial charge in [0.15, 0.2) is 0 Å². The molecule has 1 heterocycles. The number of piperidine rings is 1. The van der Waals surface area contributed by atoms with E-state index in [2.05, 4.69) is 10.2 Å². The van der Waals surface area contributed by atoms with Crippen LogP contribution in [0.15, 0.2) is 60.7 Å². The highest BCUT2D eigenvalue weighted by molar-refractivity contribution is 6.42. The molecule has 0 radical (unpaired) electrons. The summed E-state index contributed by atoms with van der Waals surface area (Å²) in [4.78, 5) is 15.3. The lowest BCUT2D eigenvalue weighted by atomic mass is 9.86. The second-order valence-corrected chi connectivity index (χ2v) is 11.3. The van der Waals surface area contributed by atoms with E-state index in [4.69, 9.17) is 46.4 Å². The molecule has 196 valence electrons. The fourth-order valence-corrected chi connectivity index (χ4v) is 5.66. The van der Waals surface area contributed by atoms with E-state index < -0.39 is 0 Å². The Morgan fingerprint density at radius 1 is 0.919 bits per heavy atom. The normalized spacial score (nSPS) is 15.5. The van der Waals surface area contributed by atoms with Crippen molar-refractivity contribution in [2.75, 3.05) is 19.6 Å². The van der Waals surface area contributed by atoms with Crippen molar-refractivity contribution in [3.05, 3.63) is 103 Å². The summed E-state index contributed by atoms with van der Waals surface area (Å²) >= 11 is 24.7. The Hall–Kier alpha value is -1.82. The summed E-state index contributed by atoms with van der Waals surface area (Å²) < 4.78 is 13.2. The molecule has 3 nitrogen and oxygen atoms in total. The van der Waals surface area contributed by atoms with Crippen LogP contribution >= 0.6 is 46.4 Å². The van der Waals surface area contributed by atoms with Crippen molar-refractivity contribution >= 4 is 52.3 Å². The van der Waals surface area contributed by atoms with E-state index in [9.17, 15) is 9.18 Å². The number of carbonyl (C=O) groups excluding carboxylic acids is 1. The largest absolute Gasteiger partial charge is 0.351 e. The van der Waals surface area contributed by atoms with E-state index in [1.54, 1.807) is 24.3 Å². The number of carbonyl (C=O) groups is 1. The van der Waals surface area contributed by atoms with Gasteiger partial charge < -0.3 is 5.32 Å². The van der Waals surface area contributed by atoms with Gasteiger partial charge in [0, 0.05) is 24.0 Å². The highest BCUT2D eigenvalue weighted by Gasteiger charge is 2.22. The number of nitrogens with one attached hydrogen (secondary N) is 1. The Kier molecular flexibility index (Phi) is 10.1. The van der Waals surface area contributed by atoms with Crippen LogP contribution in [0.1, 0.15) is 53.1 Å². The molecule has 0 spiro atoms. The molecule has 0 aromatic heterocycles. The maximum absolute atomic E-state index is 13.2. The summed E-state index contributed by atoms with van der Waals surface area (Å²) in [6, 6.07) is 17.3. The summed E-state index contributed by atoms with van der Waals surface area (Å²) in [6.07, 6.45) is 4.19. The second-order valence-electron chi connectivity index (χ2n) is 9.63. The SMILES string of the molecule is O=C(NCC(CCC1CCN(Cc2ccc(F)cc2)CC1)c1ccc(Cl)c(Cl)c1)c1ccc(Cl)cc1Cl. The van der Waals surface area contributed by atoms with Gasteiger partial charge in [-0.3, -0.25) is 9.69 Å². The molecule has 8 heteroatoms. The van der Waals surface area contributed by atoms with E-state index in [0.29, 0.717) is 38.1 Å². The number of rotatable bonds is 9. The average Bonchev–Trinajstić information content (AvgIpc) is 2.88. The first kappa shape index (κ1) is 28.2. The standard InChI is InChI=1S/C29H29Cl4FN2O/c30-23-6-9-25(27(32)16-23)29(37)35-17-22(21-5-10-26(31)28(33)15-21)4-1-19-11-13-36(14-12-19)18-20-2-7-24(34)8-3-20/h2-3,5-10,15-16,19,22H,1,4,11-14,17-18H2,(H,35,37). The summed E-state index contributed by atoms with van der Waals surface area (Å²) in [5.74, 6) is 0.255. The van der Waals surface area contributed by atoms with E-state index >= 15 is 0 Å². The minimum Gasteiger partial charge on any atom is -0.351 e. The third kappa shape index (κ3) is 8.08. The Morgan fingerprint density at radius 3 is 2.32 bits per heavy atom. The van der Waals surface area contributed by atoms with Gasteiger partial charge in [0.25, 0.3) is 5.91 Å². The van der Waals surface area contributed by atoms with Crippen LogP contribution in [-0.4, -0.2) is 30.4 Å². The van der Waals surface area contributed by atoms with Crippen LogP contribution in [0.25, 0.3) is 0 Å². The Morgan fingerprint density at radius 2 is 1.65 bits per heavy atom. The fourth-order valence-electron chi connectivity index (χ4n) is 4.86. The topological polar surface area (TPSA) is 32.3 Å². The zero-order chi connectivity index (χ0) is 26.4. The van der Waals surface area contributed by atoms with Gasteiger partial charge in [-0.1, -0.05) is 64.6 Å². The molecule has 0 saturated carbocycles. The van der Waals surface area contributed by atoms with Crippen molar-refractivity contribution in [2.24, 2.45) is 5.92 Å². The summed E-state index contributed by atoms with van der Waals surface area (Å²) in [6.45, 7) is 3.34. The van der Waals surface area contributed by atoms with Crippen molar-refractivity contribution in [3.8, 4) is 0 Å². The average molecular weight is 582 g/mol. The van der Waals surface area contributed by atoms with Gasteiger partial charge in [-0.15, -0.1) is 0 Å². The molecule has 1 aliphatic heterocycles. The monoisotopic (exact) mass is 580 g/mol. The first-order valence-corrected chi connectivity index (χ1v) is 13.9. The zero-order valence-electron chi connectivity index (χ0n) is 20.3. The highest BCUT2D eigenvalue weighted by atomic mass is 35.5. The van der Waals surface area contributed by atoms with Crippen LogP contribution in [-0.2, 0) is 6.54 Å². The zero-order valence-corrected chi connectivity index (χ0v) is 23.4.